The predicted octanol–water partition coefficient (Wildman–Crippen LogP) is 0.722. The molecule has 52 valence electrons. The summed E-state index contributed by atoms with van der Waals surface area (Å²) in [6.07, 6.45) is 6.66. The Hall–Kier alpha value is -1.43. The van der Waals surface area contributed by atoms with Crippen LogP contribution in [0.2, 0.25) is 0 Å². The number of hydrogen-bond acceptors (Lipinski definition) is 3. The number of nitrogens with zero attached hydrogens (tertiary/aromatic N) is 2. The van der Waals surface area contributed by atoms with E-state index in [1.54, 1.807) is 0 Å². The van der Waals surface area contributed by atoms with Crippen LogP contribution in [0.4, 0.5) is 5.69 Å². The van der Waals surface area contributed by atoms with Gasteiger partial charge in [-0.2, -0.15) is 0 Å². The van der Waals surface area contributed by atoms with Gasteiger partial charge in [0, 0.05) is 14.1 Å². The Balaban J connectivity index is 3.05. The molecule has 1 rings (SSSR count). The van der Waals surface area contributed by atoms with Gasteiger partial charge in [-0.05, 0) is 5.92 Å². The lowest BCUT2D eigenvalue weighted by Gasteiger charge is -2.06. The standard InChI is InChI=1S/C7H8N2O/c1-4-6-7(9(2)3)5-10-8-6/h1,5H,2-3H3. The summed E-state index contributed by atoms with van der Waals surface area (Å²) in [6.45, 7) is 0. The maximum atomic E-state index is 5.13. The highest BCUT2D eigenvalue weighted by Gasteiger charge is 2.04. The third kappa shape index (κ3) is 0.960. The van der Waals surface area contributed by atoms with Crippen LogP contribution in [0.25, 0.3) is 0 Å². The van der Waals surface area contributed by atoms with Crippen molar-refractivity contribution in [2.75, 3.05) is 19.0 Å². The molecular formula is C7H8N2O. The van der Waals surface area contributed by atoms with Gasteiger partial charge >= 0.3 is 0 Å². The van der Waals surface area contributed by atoms with Gasteiger partial charge in [0.05, 0.1) is 0 Å². The van der Waals surface area contributed by atoms with E-state index >= 15 is 0 Å². The smallest absolute Gasteiger partial charge is 0.179 e. The molecule has 0 aliphatic rings. The molecule has 0 amide bonds. The summed E-state index contributed by atoms with van der Waals surface area (Å²) in [4.78, 5) is 1.85. The van der Waals surface area contributed by atoms with Crippen LogP contribution in [0.3, 0.4) is 0 Å². The van der Waals surface area contributed by atoms with E-state index < -0.39 is 0 Å². The van der Waals surface area contributed by atoms with Crippen LogP contribution in [0.15, 0.2) is 10.8 Å². The molecule has 1 aromatic heterocycles. The topological polar surface area (TPSA) is 29.3 Å². The summed E-state index contributed by atoms with van der Waals surface area (Å²) >= 11 is 0. The van der Waals surface area contributed by atoms with Gasteiger partial charge in [-0.1, -0.05) is 5.16 Å². The highest BCUT2D eigenvalue weighted by atomic mass is 16.5. The molecule has 1 heterocycles. The molecule has 3 heteroatoms. The fraction of sp³-hybridized carbons (Fsp3) is 0.286. The first-order valence-corrected chi connectivity index (χ1v) is 2.84. The summed E-state index contributed by atoms with van der Waals surface area (Å²) < 4.78 is 4.66. The molecule has 0 aliphatic carbocycles. The maximum Gasteiger partial charge on any atom is 0.179 e. The van der Waals surface area contributed by atoms with Crippen LogP contribution in [0.1, 0.15) is 5.69 Å². The average Bonchev–Trinajstić information content (AvgIpc) is 2.33. The Morgan fingerprint density at radius 1 is 1.70 bits per heavy atom. The molecule has 10 heavy (non-hydrogen) atoms. The fourth-order valence-corrected chi connectivity index (χ4v) is 0.649. The zero-order chi connectivity index (χ0) is 7.56. The van der Waals surface area contributed by atoms with E-state index in [-0.39, 0.29) is 0 Å². The van der Waals surface area contributed by atoms with Crippen LogP contribution in [0.5, 0.6) is 0 Å². The van der Waals surface area contributed by atoms with Crippen molar-refractivity contribution in [2.45, 2.75) is 0 Å². The van der Waals surface area contributed by atoms with Crippen molar-refractivity contribution in [2.24, 2.45) is 0 Å². The van der Waals surface area contributed by atoms with Gasteiger partial charge < -0.3 is 9.42 Å². The van der Waals surface area contributed by atoms with E-state index in [2.05, 4.69) is 15.6 Å². The van der Waals surface area contributed by atoms with Gasteiger partial charge in [0.1, 0.15) is 12.0 Å². The third-order valence-electron chi connectivity index (χ3n) is 1.17. The Labute approximate surface area is 59.6 Å². The van der Waals surface area contributed by atoms with Crippen molar-refractivity contribution in [3.63, 3.8) is 0 Å². The lowest BCUT2D eigenvalue weighted by atomic mass is 10.4. The highest BCUT2D eigenvalue weighted by molar-refractivity contribution is 5.53. The molecule has 0 radical (unpaired) electrons. The van der Waals surface area contributed by atoms with Gasteiger partial charge in [0.25, 0.3) is 0 Å². The minimum atomic E-state index is 0.546. The first-order valence-electron chi connectivity index (χ1n) is 2.84. The van der Waals surface area contributed by atoms with Crippen molar-refractivity contribution in [1.82, 2.24) is 5.16 Å². The maximum absolute atomic E-state index is 5.13. The lowest BCUT2D eigenvalue weighted by Crippen LogP contribution is -2.08. The third-order valence-corrected chi connectivity index (χ3v) is 1.17. The van der Waals surface area contributed by atoms with Gasteiger partial charge in [0.2, 0.25) is 0 Å². The number of rotatable bonds is 1. The second-order valence-corrected chi connectivity index (χ2v) is 2.09. The van der Waals surface area contributed by atoms with Gasteiger partial charge in [-0.3, -0.25) is 0 Å². The van der Waals surface area contributed by atoms with E-state index in [1.165, 1.54) is 6.26 Å². The van der Waals surface area contributed by atoms with Gasteiger partial charge in [0.15, 0.2) is 5.69 Å². The van der Waals surface area contributed by atoms with E-state index in [1.807, 2.05) is 19.0 Å². The van der Waals surface area contributed by atoms with Crippen molar-refractivity contribution in [3.8, 4) is 12.3 Å². The molecule has 3 nitrogen and oxygen atoms in total. The average molecular weight is 136 g/mol. The molecule has 0 spiro atoms. The van der Waals surface area contributed by atoms with Crippen molar-refractivity contribution in [1.29, 1.82) is 0 Å². The predicted molar refractivity (Wildman–Crippen MR) is 38.8 cm³/mol. The quantitative estimate of drug-likeness (QED) is 0.533. The Morgan fingerprint density at radius 3 is 2.80 bits per heavy atom. The lowest BCUT2D eigenvalue weighted by molar-refractivity contribution is 0.418. The number of anilines is 1. The van der Waals surface area contributed by atoms with Crippen molar-refractivity contribution in [3.05, 3.63) is 12.0 Å². The van der Waals surface area contributed by atoms with Crippen molar-refractivity contribution < 1.29 is 4.52 Å². The summed E-state index contributed by atoms with van der Waals surface area (Å²) in [5.41, 5.74) is 1.38. The van der Waals surface area contributed by atoms with E-state index in [0.717, 1.165) is 5.69 Å². The van der Waals surface area contributed by atoms with E-state index in [4.69, 9.17) is 6.42 Å². The van der Waals surface area contributed by atoms with Crippen LogP contribution in [-0.4, -0.2) is 19.3 Å². The zero-order valence-corrected chi connectivity index (χ0v) is 5.96. The molecule has 0 saturated carbocycles. The molecule has 0 aromatic carbocycles. The van der Waals surface area contributed by atoms with E-state index in [0.29, 0.717) is 5.69 Å². The molecular weight excluding hydrogens is 128 g/mol. The Kier molecular flexibility index (Phi) is 1.63. The molecule has 1 aromatic rings. The second-order valence-electron chi connectivity index (χ2n) is 2.09. The van der Waals surface area contributed by atoms with Crippen LogP contribution in [-0.2, 0) is 0 Å². The largest absolute Gasteiger partial charge is 0.373 e. The SMILES string of the molecule is C#Cc1nocc1N(C)C. The van der Waals surface area contributed by atoms with Crippen LogP contribution in [0, 0.1) is 12.3 Å². The summed E-state index contributed by atoms with van der Waals surface area (Å²) in [7, 11) is 3.76. The van der Waals surface area contributed by atoms with Crippen molar-refractivity contribution >= 4 is 5.69 Å². The molecule has 0 unspecified atom stereocenters. The number of aromatic nitrogens is 1. The van der Waals surface area contributed by atoms with E-state index in [9.17, 15) is 0 Å². The Bertz CT molecular complexity index is 257. The number of terminal acetylenes is 1. The minimum absolute atomic E-state index is 0.546. The summed E-state index contributed by atoms with van der Waals surface area (Å²) in [5.74, 6) is 2.41. The van der Waals surface area contributed by atoms with Gasteiger partial charge in [-0.15, -0.1) is 6.42 Å². The molecule has 0 aliphatic heterocycles. The molecule has 0 N–H and O–H groups in total. The van der Waals surface area contributed by atoms with Gasteiger partial charge in [-0.25, -0.2) is 0 Å². The molecule has 0 fully saturated rings. The highest BCUT2D eigenvalue weighted by Crippen LogP contribution is 2.14. The summed E-state index contributed by atoms with van der Waals surface area (Å²) in [6, 6.07) is 0. The summed E-state index contributed by atoms with van der Waals surface area (Å²) in [5, 5.41) is 3.60. The zero-order valence-electron chi connectivity index (χ0n) is 5.96. The normalized spacial score (nSPS) is 8.90. The first kappa shape index (κ1) is 6.69. The first-order chi connectivity index (χ1) is 4.75. The number of hydrogen-bond donors (Lipinski definition) is 0. The minimum Gasteiger partial charge on any atom is -0.373 e. The molecule has 0 saturated heterocycles. The Morgan fingerprint density at radius 2 is 2.40 bits per heavy atom. The second kappa shape index (κ2) is 2.44. The van der Waals surface area contributed by atoms with Crippen LogP contribution < -0.4 is 4.90 Å². The monoisotopic (exact) mass is 136 g/mol. The fourth-order valence-electron chi connectivity index (χ4n) is 0.649. The molecule has 0 atom stereocenters. The molecule has 0 bridgehead atoms. The van der Waals surface area contributed by atoms with Crippen LogP contribution >= 0.6 is 0 Å².